The number of ether oxygens (including phenoxy) is 3. The van der Waals surface area contributed by atoms with E-state index in [9.17, 15) is 24.6 Å². The van der Waals surface area contributed by atoms with E-state index >= 15 is 0 Å². The average molecular weight is 931 g/mol. The first-order chi connectivity index (χ1) is 31.0. The van der Waals surface area contributed by atoms with Gasteiger partial charge in [0.1, 0.15) is 17.8 Å². The van der Waals surface area contributed by atoms with E-state index in [0.29, 0.717) is 60.2 Å². The zero-order valence-electron chi connectivity index (χ0n) is 40.2. The van der Waals surface area contributed by atoms with Gasteiger partial charge >= 0.3 is 11.9 Å². The Balaban J connectivity index is 0.733. The Bertz CT molecular complexity index is 2010. The molecule has 9 rings (SSSR count). The number of hydrogen-bond donors (Lipinski definition) is 2. The summed E-state index contributed by atoms with van der Waals surface area (Å²) >= 11 is 0. The number of carbonyl (C=O) groups is 3. The third-order valence-electron chi connectivity index (χ3n) is 19.5. The van der Waals surface area contributed by atoms with E-state index in [1.807, 2.05) is 0 Å². The van der Waals surface area contributed by atoms with Crippen LogP contribution in [0.2, 0.25) is 0 Å². The second-order valence-corrected chi connectivity index (χ2v) is 25.6. The van der Waals surface area contributed by atoms with Crippen molar-refractivity contribution >= 4 is 39.3 Å². The SMILES string of the molecule is C=C1/C(=C\C=C2/CCC[C@@]3(C)C2CCC3[C@@H](C)/C=C/C(O)C2CC2)CCC[C@@H]1OC(=O)CCSSCCC(=O)O[C@@H]1[C@H](C(C)C)CC(O)C2(C)[C@]13O[C@H]3CC1C3=C(CC[C@@]12C)C(=O)CC3. The fraction of sp³-hybridized carbons (Fsp3) is 0.764. The summed E-state index contributed by atoms with van der Waals surface area (Å²) in [7, 11) is 3.18. The smallest absolute Gasteiger partial charge is 0.307 e. The molecule has 0 aromatic carbocycles. The maximum absolute atomic E-state index is 13.7. The van der Waals surface area contributed by atoms with Crippen LogP contribution in [-0.4, -0.2) is 75.6 Å². The molecule has 14 atom stereocenters. The third kappa shape index (κ3) is 8.47. The standard InChI is InChI=1S/C55H78O8S2/c1-32(2)40-30-47(58)54(7)53(6)27-23-39-38(18-22-45(39)57)43(53)31-48-55(54,63-48)51(40)62-50(60)25-29-65-64-28-24-49(59)61-46-12-8-10-35(34(46)4)14-15-36-11-9-26-52(5)41(19-20-42(36)52)33(3)13-21-44(56)37-16-17-37/h13-15,21,32-33,37,40-44,46-48,51,56,58H,4,8-12,16-20,22-31H2,1-3,5-7H3/b21-13+,35-14-,36-15+/t33-,40-,41?,42?,43?,44?,46-,47?,48-,51+,52+,53-,54?,55+/m0/s1. The van der Waals surface area contributed by atoms with E-state index in [2.05, 4.69) is 72.4 Å². The quantitative estimate of drug-likeness (QED) is 0.0539. The molecule has 0 aromatic heterocycles. The number of aliphatic hydroxyl groups is 2. The number of aliphatic hydroxyl groups excluding tert-OH is 2. The summed E-state index contributed by atoms with van der Waals surface area (Å²) in [5.41, 5.74) is 4.73. The van der Waals surface area contributed by atoms with Crippen LogP contribution in [0.3, 0.4) is 0 Å². The van der Waals surface area contributed by atoms with Crippen molar-refractivity contribution in [3.8, 4) is 0 Å². The Labute approximate surface area is 397 Å². The van der Waals surface area contributed by atoms with E-state index in [4.69, 9.17) is 14.2 Å². The molecule has 65 heavy (non-hydrogen) atoms. The molecule has 1 saturated heterocycles. The van der Waals surface area contributed by atoms with Crippen molar-refractivity contribution in [3.63, 3.8) is 0 Å². The van der Waals surface area contributed by atoms with Crippen molar-refractivity contribution in [1.29, 1.82) is 0 Å². The minimum atomic E-state index is -0.726. The Morgan fingerprint density at radius 2 is 1.60 bits per heavy atom. The Morgan fingerprint density at radius 3 is 2.32 bits per heavy atom. The number of rotatable bonds is 15. The second kappa shape index (κ2) is 18.7. The largest absolute Gasteiger partial charge is 0.459 e. The lowest BCUT2D eigenvalue weighted by Gasteiger charge is -2.64. The van der Waals surface area contributed by atoms with Crippen molar-refractivity contribution in [3.05, 3.63) is 58.7 Å². The molecule has 7 fully saturated rings. The minimum Gasteiger partial charge on any atom is -0.459 e. The lowest BCUT2D eigenvalue weighted by molar-refractivity contribution is -0.228. The minimum absolute atomic E-state index is 0.0147. The third-order valence-corrected chi connectivity index (χ3v) is 21.9. The Hall–Kier alpha value is -2.11. The Morgan fingerprint density at radius 1 is 0.862 bits per heavy atom. The molecular formula is C55H78O8S2. The molecule has 0 bridgehead atoms. The van der Waals surface area contributed by atoms with Crippen molar-refractivity contribution in [2.24, 2.45) is 57.7 Å². The van der Waals surface area contributed by atoms with Crippen LogP contribution in [0.15, 0.2) is 58.7 Å². The van der Waals surface area contributed by atoms with Crippen LogP contribution in [0.5, 0.6) is 0 Å². The number of hydrogen-bond acceptors (Lipinski definition) is 10. The highest BCUT2D eigenvalue weighted by atomic mass is 33.1. The summed E-state index contributed by atoms with van der Waals surface area (Å²) in [6, 6.07) is 0. The molecule has 2 N–H and O–H groups in total. The van der Waals surface area contributed by atoms with Crippen LogP contribution in [0.25, 0.3) is 0 Å². The first-order valence-corrected chi connectivity index (χ1v) is 28.2. The number of ketones is 1. The molecule has 358 valence electrons. The zero-order chi connectivity index (χ0) is 46.1. The molecule has 8 nitrogen and oxygen atoms in total. The maximum atomic E-state index is 13.7. The molecule has 10 heteroatoms. The van der Waals surface area contributed by atoms with Crippen LogP contribution in [-0.2, 0) is 28.6 Å². The molecule has 6 saturated carbocycles. The fourth-order valence-corrected chi connectivity index (χ4v) is 17.3. The molecule has 9 aliphatic rings. The molecule has 1 aliphatic heterocycles. The number of fused-ring (bicyclic) bond motifs is 4. The molecule has 8 aliphatic carbocycles. The van der Waals surface area contributed by atoms with Crippen molar-refractivity contribution < 1.29 is 38.8 Å². The van der Waals surface area contributed by atoms with Gasteiger partial charge in [0.15, 0.2) is 5.78 Å². The number of carbonyl (C=O) groups excluding carboxylic acids is 3. The van der Waals surface area contributed by atoms with Gasteiger partial charge in [0.2, 0.25) is 0 Å². The van der Waals surface area contributed by atoms with Gasteiger partial charge in [-0.1, -0.05) is 105 Å². The van der Waals surface area contributed by atoms with Gasteiger partial charge in [-0.15, -0.1) is 0 Å². The van der Waals surface area contributed by atoms with E-state index < -0.39 is 23.2 Å². The normalized spacial score (nSPS) is 42.1. The number of epoxide rings is 1. The van der Waals surface area contributed by atoms with E-state index in [1.54, 1.807) is 27.2 Å². The van der Waals surface area contributed by atoms with Gasteiger partial charge in [-0.2, -0.15) is 0 Å². The maximum Gasteiger partial charge on any atom is 0.307 e. The first kappa shape index (κ1) is 47.9. The predicted molar refractivity (Wildman–Crippen MR) is 260 cm³/mol. The summed E-state index contributed by atoms with van der Waals surface area (Å²) < 4.78 is 19.3. The van der Waals surface area contributed by atoms with Crippen molar-refractivity contribution in [1.82, 2.24) is 0 Å². The molecule has 1 heterocycles. The van der Waals surface area contributed by atoms with Crippen LogP contribution in [0.4, 0.5) is 0 Å². The average Bonchev–Trinajstić information content (AvgIpc) is 4.18. The lowest BCUT2D eigenvalue weighted by Crippen LogP contribution is -2.71. The molecule has 1 spiro atoms. The van der Waals surface area contributed by atoms with E-state index in [-0.39, 0.29) is 65.3 Å². The molecule has 0 radical (unpaired) electrons. The monoisotopic (exact) mass is 931 g/mol. The molecular weight excluding hydrogens is 853 g/mol. The van der Waals surface area contributed by atoms with Crippen LogP contribution >= 0.6 is 21.6 Å². The first-order valence-electron chi connectivity index (χ1n) is 25.7. The summed E-state index contributed by atoms with van der Waals surface area (Å²) in [4.78, 5) is 39.5. The van der Waals surface area contributed by atoms with Crippen LogP contribution in [0.1, 0.15) is 157 Å². The van der Waals surface area contributed by atoms with Gasteiger partial charge in [0.05, 0.1) is 31.2 Å². The number of esters is 2. The second-order valence-electron chi connectivity index (χ2n) is 22.9. The van der Waals surface area contributed by atoms with Crippen LogP contribution < -0.4 is 0 Å². The van der Waals surface area contributed by atoms with Gasteiger partial charge in [0.25, 0.3) is 0 Å². The topological polar surface area (TPSA) is 123 Å². The molecule has 0 aromatic rings. The highest BCUT2D eigenvalue weighted by Gasteiger charge is 2.84. The van der Waals surface area contributed by atoms with E-state index in [0.717, 1.165) is 75.4 Å². The number of allylic oxidation sites excluding steroid dienone is 6. The highest BCUT2D eigenvalue weighted by Crippen LogP contribution is 2.77. The summed E-state index contributed by atoms with van der Waals surface area (Å²) in [6.45, 7) is 18.1. The summed E-state index contributed by atoms with van der Waals surface area (Å²) in [5.74, 6) is 3.59. The molecule has 6 unspecified atom stereocenters. The van der Waals surface area contributed by atoms with Gasteiger partial charge < -0.3 is 24.4 Å². The van der Waals surface area contributed by atoms with Gasteiger partial charge in [-0.25, -0.2) is 0 Å². The van der Waals surface area contributed by atoms with E-state index in [1.165, 1.54) is 36.8 Å². The van der Waals surface area contributed by atoms with Gasteiger partial charge in [-0.05, 0) is 159 Å². The summed E-state index contributed by atoms with van der Waals surface area (Å²) in [5, 5.41) is 22.6. The fourth-order valence-electron chi connectivity index (χ4n) is 15.3. The zero-order valence-corrected chi connectivity index (χ0v) is 41.9. The predicted octanol–water partition coefficient (Wildman–Crippen LogP) is 11.4. The molecule has 0 amide bonds. The van der Waals surface area contributed by atoms with Crippen molar-refractivity contribution in [2.45, 2.75) is 193 Å². The highest BCUT2D eigenvalue weighted by molar-refractivity contribution is 8.76. The number of Topliss-reactive ketones (excluding diaryl/α,β-unsaturated/α-hetero) is 1. The van der Waals surface area contributed by atoms with Gasteiger partial charge in [-0.3, -0.25) is 14.4 Å². The van der Waals surface area contributed by atoms with Gasteiger partial charge in [0, 0.05) is 29.3 Å². The van der Waals surface area contributed by atoms with Crippen LogP contribution in [0, 0.1) is 57.7 Å². The van der Waals surface area contributed by atoms with Crippen molar-refractivity contribution in [2.75, 3.05) is 11.5 Å². The Kier molecular flexibility index (Phi) is 13.8. The lowest BCUT2D eigenvalue weighted by atomic mass is 9.39. The summed E-state index contributed by atoms with van der Waals surface area (Å²) in [6.07, 6.45) is 23.5.